The van der Waals surface area contributed by atoms with Crippen molar-refractivity contribution in [2.45, 2.75) is 11.0 Å². The van der Waals surface area contributed by atoms with E-state index in [1.165, 1.54) is 24.3 Å². The monoisotopic (exact) mass is 319 g/mol. The molecule has 0 bridgehead atoms. The van der Waals surface area contributed by atoms with E-state index in [0.29, 0.717) is 11.1 Å². The second-order valence-corrected chi connectivity index (χ2v) is 6.10. The standard InChI is InChI=1S/C15H13NO5S/c17-15(18)14(12-4-2-1-3-5-12)22(21)10-11-6-8-13(9-7-11)16(19)20/h1-9,14H,10H2,(H,17,18). The van der Waals surface area contributed by atoms with Crippen molar-refractivity contribution in [3.8, 4) is 0 Å². The fourth-order valence-corrected chi connectivity index (χ4v) is 3.37. The van der Waals surface area contributed by atoms with Crippen molar-refractivity contribution in [1.29, 1.82) is 0 Å². The van der Waals surface area contributed by atoms with E-state index in [1.807, 2.05) is 0 Å². The van der Waals surface area contributed by atoms with E-state index in [1.54, 1.807) is 30.3 Å². The number of aliphatic carboxylic acids is 1. The SMILES string of the molecule is O=C(O)C(c1ccccc1)S(=O)Cc1ccc([N+](=O)[O-])cc1. The van der Waals surface area contributed by atoms with E-state index in [2.05, 4.69) is 0 Å². The summed E-state index contributed by atoms with van der Waals surface area (Å²) >= 11 is 0. The van der Waals surface area contributed by atoms with Crippen molar-refractivity contribution in [2.75, 3.05) is 0 Å². The number of carbonyl (C=O) groups is 1. The molecule has 0 aliphatic rings. The van der Waals surface area contributed by atoms with E-state index in [0.717, 1.165) is 0 Å². The number of carboxylic acids is 1. The van der Waals surface area contributed by atoms with Crippen LogP contribution in [-0.4, -0.2) is 20.2 Å². The zero-order valence-electron chi connectivity index (χ0n) is 11.4. The molecule has 2 aromatic rings. The van der Waals surface area contributed by atoms with E-state index < -0.39 is 26.9 Å². The second kappa shape index (κ2) is 6.95. The number of carboxylic acid groups (broad SMARTS) is 1. The second-order valence-electron chi connectivity index (χ2n) is 4.58. The Morgan fingerprint density at radius 3 is 2.23 bits per heavy atom. The van der Waals surface area contributed by atoms with Gasteiger partial charge in [0.1, 0.15) is 0 Å². The molecule has 6 nitrogen and oxygen atoms in total. The molecule has 114 valence electrons. The molecule has 2 atom stereocenters. The van der Waals surface area contributed by atoms with E-state index in [-0.39, 0.29) is 11.4 Å². The number of hydrogen-bond acceptors (Lipinski definition) is 4. The van der Waals surface area contributed by atoms with Gasteiger partial charge < -0.3 is 5.11 Å². The highest BCUT2D eigenvalue weighted by atomic mass is 32.2. The van der Waals surface area contributed by atoms with Gasteiger partial charge in [0.2, 0.25) is 0 Å². The number of non-ortho nitro benzene ring substituents is 1. The largest absolute Gasteiger partial charge is 0.480 e. The summed E-state index contributed by atoms with van der Waals surface area (Å²) in [5.74, 6) is -1.14. The zero-order chi connectivity index (χ0) is 16.1. The lowest BCUT2D eigenvalue weighted by Crippen LogP contribution is -2.18. The van der Waals surface area contributed by atoms with Crippen molar-refractivity contribution in [2.24, 2.45) is 0 Å². The Hall–Kier alpha value is -2.54. The first-order valence-electron chi connectivity index (χ1n) is 6.37. The molecular weight excluding hydrogens is 306 g/mol. The van der Waals surface area contributed by atoms with Gasteiger partial charge in [-0.15, -0.1) is 0 Å². The highest BCUT2D eigenvalue weighted by molar-refractivity contribution is 7.85. The topological polar surface area (TPSA) is 97.5 Å². The molecule has 2 rings (SSSR count). The van der Waals surface area contributed by atoms with Gasteiger partial charge in [-0.25, -0.2) is 0 Å². The van der Waals surface area contributed by atoms with Crippen LogP contribution in [0.25, 0.3) is 0 Å². The number of benzene rings is 2. The summed E-state index contributed by atoms with van der Waals surface area (Å²) in [5, 5.41) is 18.8. The molecule has 0 spiro atoms. The number of nitro groups is 1. The Morgan fingerprint density at radius 2 is 1.73 bits per heavy atom. The lowest BCUT2D eigenvalue weighted by molar-refractivity contribution is -0.384. The van der Waals surface area contributed by atoms with Gasteiger partial charge in [0.25, 0.3) is 5.69 Å². The van der Waals surface area contributed by atoms with Gasteiger partial charge in [-0.2, -0.15) is 0 Å². The van der Waals surface area contributed by atoms with Crippen LogP contribution in [0.15, 0.2) is 54.6 Å². The molecule has 7 heteroatoms. The van der Waals surface area contributed by atoms with Gasteiger partial charge in [0.05, 0.1) is 4.92 Å². The Morgan fingerprint density at radius 1 is 1.14 bits per heavy atom. The van der Waals surface area contributed by atoms with Crippen LogP contribution >= 0.6 is 0 Å². The zero-order valence-corrected chi connectivity index (χ0v) is 12.2. The van der Waals surface area contributed by atoms with Crippen LogP contribution in [0.4, 0.5) is 5.69 Å². The molecule has 0 aliphatic carbocycles. The lowest BCUT2D eigenvalue weighted by Gasteiger charge is -2.12. The van der Waals surface area contributed by atoms with E-state index >= 15 is 0 Å². The number of nitrogens with zero attached hydrogens (tertiary/aromatic N) is 1. The maximum absolute atomic E-state index is 12.4. The Bertz CT molecular complexity index is 700. The van der Waals surface area contributed by atoms with Crippen molar-refractivity contribution >= 4 is 22.5 Å². The summed E-state index contributed by atoms with van der Waals surface area (Å²) in [6.45, 7) is 0. The maximum Gasteiger partial charge on any atom is 0.323 e. The first-order valence-corrected chi connectivity index (χ1v) is 7.75. The van der Waals surface area contributed by atoms with Crippen LogP contribution in [0.5, 0.6) is 0 Å². The molecule has 0 heterocycles. The Balaban J connectivity index is 2.18. The van der Waals surface area contributed by atoms with Crippen molar-refractivity contribution in [3.63, 3.8) is 0 Å². The average Bonchev–Trinajstić information content (AvgIpc) is 2.48. The summed E-state index contributed by atoms with van der Waals surface area (Å²) in [6.07, 6.45) is 0. The number of rotatable bonds is 6. The summed E-state index contributed by atoms with van der Waals surface area (Å²) in [7, 11) is -1.68. The third-order valence-electron chi connectivity index (χ3n) is 3.05. The summed E-state index contributed by atoms with van der Waals surface area (Å²) in [5.41, 5.74) is 0.994. The summed E-state index contributed by atoms with van der Waals surface area (Å²) < 4.78 is 12.4. The van der Waals surface area contributed by atoms with Gasteiger partial charge in [-0.3, -0.25) is 19.1 Å². The van der Waals surface area contributed by atoms with Crippen LogP contribution in [0.1, 0.15) is 16.4 Å². The molecule has 22 heavy (non-hydrogen) atoms. The van der Waals surface area contributed by atoms with Gasteiger partial charge in [-0.1, -0.05) is 42.5 Å². The maximum atomic E-state index is 12.4. The minimum Gasteiger partial charge on any atom is -0.480 e. The quantitative estimate of drug-likeness (QED) is 0.652. The molecule has 2 aromatic carbocycles. The van der Waals surface area contributed by atoms with Crippen molar-refractivity contribution in [1.82, 2.24) is 0 Å². The summed E-state index contributed by atoms with van der Waals surface area (Å²) in [4.78, 5) is 21.5. The first-order chi connectivity index (χ1) is 10.5. The number of nitro benzene ring substituents is 1. The average molecular weight is 319 g/mol. The molecule has 0 fully saturated rings. The third-order valence-corrected chi connectivity index (χ3v) is 4.66. The normalized spacial score (nSPS) is 13.3. The van der Waals surface area contributed by atoms with Gasteiger partial charge >= 0.3 is 5.97 Å². The van der Waals surface area contributed by atoms with Crippen LogP contribution in [0.3, 0.4) is 0 Å². The fraction of sp³-hybridized carbons (Fsp3) is 0.133. The van der Waals surface area contributed by atoms with E-state index in [4.69, 9.17) is 0 Å². The fourth-order valence-electron chi connectivity index (χ4n) is 2.00. The van der Waals surface area contributed by atoms with Gasteiger partial charge in [-0.05, 0) is 11.1 Å². The predicted octanol–water partition coefficient (Wildman–Crippen LogP) is 2.67. The predicted molar refractivity (Wildman–Crippen MR) is 81.8 cm³/mol. The van der Waals surface area contributed by atoms with Crippen LogP contribution in [0, 0.1) is 10.1 Å². The number of hydrogen-bond donors (Lipinski definition) is 1. The molecule has 0 amide bonds. The molecule has 0 saturated carbocycles. The van der Waals surface area contributed by atoms with Gasteiger partial charge in [0.15, 0.2) is 5.25 Å². The molecule has 1 N–H and O–H groups in total. The summed E-state index contributed by atoms with van der Waals surface area (Å²) in [6, 6.07) is 14.0. The van der Waals surface area contributed by atoms with Crippen LogP contribution in [0.2, 0.25) is 0 Å². The molecular formula is C15H13NO5S. The molecule has 0 aromatic heterocycles. The highest BCUT2D eigenvalue weighted by Gasteiger charge is 2.26. The molecule has 0 saturated heterocycles. The third kappa shape index (κ3) is 3.76. The first kappa shape index (κ1) is 15.8. The minimum absolute atomic E-state index is 0.0177. The van der Waals surface area contributed by atoms with Crippen molar-refractivity contribution in [3.05, 3.63) is 75.8 Å². The van der Waals surface area contributed by atoms with E-state index in [9.17, 15) is 24.2 Å². The smallest absolute Gasteiger partial charge is 0.323 e. The molecule has 0 aliphatic heterocycles. The molecule has 2 unspecified atom stereocenters. The Kier molecular flexibility index (Phi) is 5.00. The van der Waals surface area contributed by atoms with Gasteiger partial charge in [0, 0.05) is 28.7 Å². The minimum atomic E-state index is -1.68. The highest BCUT2D eigenvalue weighted by Crippen LogP contribution is 2.23. The van der Waals surface area contributed by atoms with Crippen LogP contribution < -0.4 is 0 Å². The van der Waals surface area contributed by atoms with Crippen LogP contribution in [-0.2, 0) is 21.3 Å². The lowest BCUT2D eigenvalue weighted by atomic mass is 10.1. The van der Waals surface area contributed by atoms with Crippen molar-refractivity contribution < 1.29 is 19.0 Å². The Labute approximate surface area is 129 Å². The molecule has 0 radical (unpaired) electrons.